The molecule has 0 unspecified atom stereocenters. The van der Waals surface area contributed by atoms with Crippen LogP contribution in [0.4, 0.5) is 0 Å². The van der Waals surface area contributed by atoms with Crippen molar-refractivity contribution in [2.75, 3.05) is 6.61 Å². The number of hydrazine groups is 1. The first-order chi connectivity index (χ1) is 16.3. The van der Waals surface area contributed by atoms with Crippen LogP contribution in [0.15, 0.2) is 29.1 Å². The Bertz CT molecular complexity index is 1290. The number of H-pyrrole nitrogens is 1. The van der Waals surface area contributed by atoms with Gasteiger partial charge in [-0.2, -0.15) is 5.10 Å². The molecule has 0 aliphatic carbocycles. The zero-order chi connectivity index (χ0) is 24.8. The fourth-order valence-electron chi connectivity index (χ4n) is 3.79. The third kappa shape index (κ3) is 5.00. The Kier molecular flexibility index (Phi) is 7.83. The third-order valence-corrected chi connectivity index (χ3v) is 5.49. The van der Waals surface area contributed by atoms with E-state index >= 15 is 0 Å². The molecule has 3 aromatic rings. The lowest BCUT2D eigenvalue weighted by atomic mass is 10.1. The fourth-order valence-corrected chi connectivity index (χ4v) is 3.79. The molecule has 0 saturated carbocycles. The Hall–Kier alpha value is -3.95. The first-order valence-corrected chi connectivity index (χ1v) is 11.3. The van der Waals surface area contributed by atoms with E-state index in [0.29, 0.717) is 28.6 Å². The van der Waals surface area contributed by atoms with E-state index in [4.69, 9.17) is 4.74 Å². The predicted molar refractivity (Wildman–Crippen MR) is 127 cm³/mol. The highest BCUT2D eigenvalue weighted by molar-refractivity contribution is 6.06. The molecule has 2 heterocycles. The standard InChI is InChI=1S/C24H29N5O5/c1-5-7-10-13-29-23(32)17-12-9-8-11-16(17)20(28-29)22(31)27-26-21(30)19-14(3)18(15(4)25-19)24(33)34-6-2/h8-9,11-12,25H,5-7,10,13H2,1-4H3,(H,26,30)(H,27,31). The lowest BCUT2D eigenvalue weighted by Gasteiger charge is -2.12. The van der Waals surface area contributed by atoms with Crippen LogP contribution >= 0.6 is 0 Å². The van der Waals surface area contributed by atoms with E-state index in [1.54, 1.807) is 45.0 Å². The number of unbranched alkanes of at least 4 members (excludes halogenated alkanes) is 2. The number of nitrogens with one attached hydrogen (secondary N) is 3. The Morgan fingerprint density at radius 3 is 2.38 bits per heavy atom. The largest absolute Gasteiger partial charge is 0.462 e. The second-order valence-corrected chi connectivity index (χ2v) is 7.88. The van der Waals surface area contributed by atoms with E-state index in [0.717, 1.165) is 19.3 Å². The molecule has 0 fully saturated rings. The first-order valence-electron chi connectivity index (χ1n) is 11.3. The van der Waals surface area contributed by atoms with E-state index in [9.17, 15) is 19.2 Å². The van der Waals surface area contributed by atoms with Crippen molar-refractivity contribution in [1.82, 2.24) is 25.6 Å². The number of aromatic nitrogens is 3. The minimum Gasteiger partial charge on any atom is -0.462 e. The van der Waals surface area contributed by atoms with E-state index in [2.05, 4.69) is 27.9 Å². The van der Waals surface area contributed by atoms with Gasteiger partial charge in [0.25, 0.3) is 17.4 Å². The van der Waals surface area contributed by atoms with Crippen molar-refractivity contribution in [1.29, 1.82) is 0 Å². The van der Waals surface area contributed by atoms with Crippen LogP contribution in [0.3, 0.4) is 0 Å². The highest BCUT2D eigenvalue weighted by atomic mass is 16.5. The molecule has 0 saturated heterocycles. The zero-order valence-corrected chi connectivity index (χ0v) is 19.8. The number of rotatable bonds is 8. The molecule has 3 rings (SSSR count). The van der Waals surface area contributed by atoms with Crippen LogP contribution in [-0.2, 0) is 11.3 Å². The molecular weight excluding hydrogens is 438 g/mol. The number of hydrogen-bond donors (Lipinski definition) is 3. The van der Waals surface area contributed by atoms with E-state index in [1.165, 1.54) is 4.68 Å². The van der Waals surface area contributed by atoms with Crippen LogP contribution in [0.2, 0.25) is 0 Å². The molecule has 0 radical (unpaired) electrons. The Balaban J connectivity index is 1.84. The number of carbonyl (C=O) groups excluding carboxylic acids is 3. The van der Waals surface area contributed by atoms with Gasteiger partial charge in [0.15, 0.2) is 5.69 Å². The number of amides is 2. The molecule has 0 bridgehead atoms. The summed E-state index contributed by atoms with van der Waals surface area (Å²) in [5, 5.41) is 5.04. The first kappa shape index (κ1) is 24.7. The van der Waals surface area contributed by atoms with Crippen molar-refractivity contribution in [3.63, 3.8) is 0 Å². The second-order valence-electron chi connectivity index (χ2n) is 7.88. The van der Waals surface area contributed by atoms with Gasteiger partial charge in [0.1, 0.15) is 5.69 Å². The zero-order valence-electron chi connectivity index (χ0n) is 19.8. The molecule has 3 N–H and O–H groups in total. The van der Waals surface area contributed by atoms with Crippen molar-refractivity contribution in [3.8, 4) is 0 Å². The molecular formula is C24H29N5O5. The minimum absolute atomic E-state index is 0.0265. The average Bonchev–Trinajstić information content (AvgIpc) is 3.13. The number of aromatic amines is 1. The van der Waals surface area contributed by atoms with Crippen LogP contribution in [0.1, 0.15) is 75.7 Å². The Morgan fingerprint density at radius 1 is 1.03 bits per heavy atom. The normalized spacial score (nSPS) is 10.8. The van der Waals surface area contributed by atoms with Crippen molar-refractivity contribution in [3.05, 3.63) is 62.8 Å². The number of nitrogens with zero attached hydrogens (tertiary/aromatic N) is 2. The number of ether oxygens (including phenoxy) is 1. The number of aryl methyl sites for hydroxylation is 2. The van der Waals surface area contributed by atoms with Crippen LogP contribution in [-0.4, -0.2) is 39.2 Å². The van der Waals surface area contributed by atoms with Crippen LogP contribution in [0.5, 0.6) is 0 Å². The molecule has 1 aromatic carbocycles. The summed E-state index contributed by atoms with van der Waals surface area (Å²) in [5.74, 6) is -1.83. The van der Waals surface area contributed by atoms with Crippen LogP contribution < -0.4 is 16.4 Å². The van der Waals surface area contributed by atoms with Gasteiger partial charge in [-0.15, -0.1) is 0 Å². The summed E-state index contributed by atoms with van der Waals surface area (Å²) in [6.07, 6.45) is 2.67. The topological polar surface area (TPSA) is 135 Å². The Labute approximate surface area is 196 Å². The van der Waals surface area contributed by atoms with Gasteiger partial charge in [0.05, 0.1) is 17.6 Å². The molecule has 0 spiro atoms. The van der Waals surface area contributed by atoms with Gasteiger partial charge in [0, 0.05) is 17.6 Å². The lowest BCUT2D eigenvalue weighted by Crippen LogP contribution is -2.43. The van der Waals surface area contributed by atoms with Crippen molar-refractivity contribution in [2.24, 2.45) is 0 Å². The summed E-state index contributed by atoms with van der Waals surface area (Å²) in [6.45, 7) is 7.63. The molecule has 2 amide bonds. The number of hydrogen-bond acceptors (Lipinski definition) is 6. The van der Waals surface area contributed by atoms with Crippen molar-refractivity contribution < 1.29 is 19.1 Å². The highest BCUT2D eigenvalue weighted by Crippen LogP contribution is 2.19. The molecule has 0 atom stereocenters. The number of fused-ring (bicyclic) bond motifs is 1. The maximum Gasteiger partial charge on any atom is 0.340 e. The molecule has 10 nitrogen and oxygen atoms in total. The van der Waals surface area contributed by atoms with Gasteiger partial charge in [-0.05, 0) is 38.8 Å². The van der Waals surface area contributed by atoms with Crippen LogP contribution in [0.25, 0.3) is 10.8 Å². The van der Waals surface area contributed by atoms with E-state index in [-0.39, 0.29) is 29.1 Å². The maximum absolute atomic E-state index is 13.0. The quantitative estimate of drug-likeness (QED) is 0.265. The lowest BCUT2D eigenvalue weighted by molar-refractivity contribution is 0.0524. The van der Waals surface area contributed by atoms with Gasteiger partial charge >= 0.3 is 5.97 Å². The molecule has 0 aliphatic rings. The van der Waals surface area contributed by atoms with Crippen LogP contribution in [0, 0.1) is 13.8 Å². The van der Waals surface area contributed by atoms with E-state index in [1.807, 2.05) is 0 Å². The summed E-state index contributed by atoms with van der Waals surface area (Å²) >= 11 is 0. The fraction of sp³-hybridized carbons (Fsp3) is 0.375. The van der Waals surface area contributed by atoms with Gasteiger partial charge in [-0.1, -0.05) is 38.0 Å². The number of esters is 1. The van der Waals surface area contributed by atoms with Crippen molar-refractivity contribution >= 4 is 28.6 Å². The summed E-state index contributed by atoms with van der Waals surface area (Å²) in [5.41, 5.74) is 5.78. The summed E-state index contributed by atoms with van der Waals surface area (Å²) in [4.78, 5) is 53.5. The summed E-state index contributed by atoms with van der Waals surface area (Å²) < 4.78 is 6.33. The highest BCUT2D eigenvalue weighted by Gasteiger charge is 2.24. The third-order valence-electron chi connectivity index (χ3n) is 5.49. The molecule has 10 heteroatoms. The monoisotopic (exact) mass is 467 g/mol. The number of carbonyl (C=O) groups is 3. The average molecular weight is 468 g/mol. The smallest absolute Gasteiger partial charge is 0.340 e. The molecule has 34 heavy (non-hydrogen) atoms. The predicted octanol–water partition coefficient (Wildman–Crippen LogP) is 2.78. The SMILES string of the molecule is CCCCCn1nc(C(=O)NNC(=O)c2[nH]c(C)c(C(=O)OCC)c2C)c2ccccc2c1=O. The number of benzene rings is 1. The molecule has 2 aromatic heterocycles. The maximum atomic E-state index is 13.0. The van der Waals surface area contributed by atoms with Crippen molar-refractivity contribution in [2.45, 2.75) is 53.5 Å². The summed E-state index contributed by atoms with van der Waals surface area (Å²) in [7, 11) is 0. The van der Waals surface area contributed by atoms with Gasteiger partial charge in [-0.3, -0.25) is 25.2 Å². The molecule has 0 aliphatic heterocycles. The van der Waals surface area contributed by atoms with Gasteiger partial charge < -0.3 is 9.72 Å². The Morgan fingerprint density at radius 2 is 1.71 bits per heavy atom. The minimum atomic E-state index is -0.666. The van der Waals surface area contributed by atoms with Gasteiger partial charge in [-0.25, -0.2) is 9.48 Å². The van der Waals surface area contributed by atoms with E-state index < -0.39 is 17.8 Å². The van der Waals surface area contributed by atoms with Gasteiger partial charge in [0.2, 0.25) is 0 Å². The molecule has 180 valence electrons. The summed E-state index contributed by atoms with van der Waals surface area (Å²) in [6, 6.07) is 6.72. The second kappa shape index (κ2) is 10.8.